The molecule has 0 saturated carbocycles. The molecule has 3 rings (SSSR count). The number of ether oxygens (including phenoxy) is 1. The van der Waals surface area contributed by atoms with Crippen LogP contribution in [0.1, 0.15) is 30.5 Å². The van der Waals surface area contributed by atoms with Crippen molar-refractivity contribution < 1.29 is 14.3 Å². The molecule has 1 aromatic heterocycles. The third-order valence-electron chi connectivity index (χ3n) is 4.78. The number of methoxy groups -OCH3 is 1. The highest BCUT2D eigenvalue weighted by Gasteiger charge is 2.20. The maximum absolute atomic E-state index is 12.8. The maximum Gasteiger partial charge on any atom is 0.225 e. The molecule has 0 aliphatic heterocycles. The molecule has 0 bridgehead atoms. The topological polar surface area (TPSA) is 76.5 Å². The van der Waals surface area contributed by atoms with Gasteiger partial charge in [-0.2, -0.15) is 5.10 Å². The zero-order valence-corrected chi connectivity index (χ0v) is 17.4. The minimum absolute atomic E-state index is 0.0722. The Bertz CT molecular complexity index is 983. The molecule has 0 radical (unpaired) electrons. The van der Waals surface area contributed by atoms with Crippen LogP contribution in [0.4, 0.5) is 0 Å². The van der Waals surface area contributed by atoms with Crippen LogP contribution in [0.5, 0.6) is 5.75 Å². The van der Waals surface area contributed by atoms with Crippen molar-refractivity contribution in [1.29, 1.82) is 0 Å². The lowest BCUT2D eigenvalue weighted by molar-refractivity contribution is -0.131. The van der Waals surface area contributed by atoms with Gasteiger partial charge >= 0.3 is 0 Å². The van der Waals surface area contributed by atoms with Gasteiger partial charge in [0, 0.05) is 32.3 Å². The first-order valence-corrected chi connectivity index (χ1v) is 9.70. The lowest BCUT2D eigenvalue weighted by atomic mass is 10.0. The number of carbonyl (C=O) groups excluding carboxylic acids is 2. The number of carbonyl (C=O) groups is 2. The van der Waals surface area contributed by atoms with Crippen LogP contribution in [-0.2, 0) is 16.1 Å². The summed E-state index contributed by atoms with van der Waals surface area (Å²) in [6.07, 6.45) is 3.83. The quantitative estimate of drug-likeness (QED) is 0.624. The summed E-state index contributed by atoms with van der Waals surface area (Å²) >= 11 is 0. The van der Waals surface area contributed by atoms with Crippen molar-refractivity contribution in [2.24, 2.45) is 0 Å². The highest BCUT2D eigenvalue weighted by Crippen LogP contribution is 2.21. The van der Waals surface area contributed by atoms with Gasteiger partial charge in [0.05, 0.1) is 31.5 Å². The standard InChI is InChI=1S/C23H26N4O3/c1-17(28)25-22(19-9-11-21(30-3)12-10-19)13-23(29)26(2)15-18-14-24-27(16-18)20-7-5-4-6-8-20/h4-12,14,16,22H,13,15H2,1-3H3,(H,25,28). The highest BCUT2D eigenvalue weighted by atomic mass is 16.5. The molecule has 30 heavy (non-hydrogen) atoms. The van der Waals surface area contributed by atoms with Crippen LogP contribution >= 0.6 is 0 Å². The van der Waals surface area contributed by atoms with Crippen LogP contribution in [-0.4, -0.2) is 40.7 Å². The smallest absolute Gasteiger partial charge is 0.225 e. The molecule has 1 atom stereocenters. The molecule has 2 aromatic carbocycles. The van der Waals surface area contributed by atoms with Gasteiger partial charge in [0.1, 0.15) is 5.75 Å². The molecule has 7 nitrogen and oxygen atoms in total. The second-order valence-corrected chi connectivity index (χ2v) is 7.11. The minimum atomic E-state index is -0.407. The van der Waals surface area contributed by atoms with E-state index in [4.69, 9.17) is 4.74 Å². The highest BCUT2D eigenvalue weighted by molar-refractivity contribution is 5.79. The average molecular weight is 406 g/mol. The monoisotopic (exact) mass is 406 g/mol. The molecule has 0 fully saturated rings. The summed E-state index contributed by atoms with van der Waals surface area (Å²) in [7, 11) is 3.35. The maximum atomic E-state index is 12.8. The molecule has 2 amide bonds. The normalized spacial score (nSPS) is 11.6. The first-order chi connectivity index (χ1) is 14.5. The van der Waals surface area contributed by atoms with Crippen molar-refractivity contribution in [3.8, 4) is 11.4 Å². The van der Waals surface area contributed by atoms with Crippen LogP contribution in [0.2, 0.25) is 0 Å². The fourth-order valence-corrected chi connectivity index (χ4v) is 3.19. The van der Waals surface area contributed by atoms with Crippen molar-refractivity contribution >= 4 is 11.8 Å². The van der Waals surface area contributed by atoms with E-state index in [1.54, 1.807) is 29.9 Å². The number of aromatic nitrogens is 2. The molecule has 0 spiro atoms. The molecule has 156 valence electrons. The van der Waals surface area contributed by atoms with Gasteiger partial charge in [0.25, 0.3) is 0 Å². The number of hydrogen-bond acceptors (Lipinski definition) is 4. The second kappa shape index (κ2) is 9.73. The second-order valence-electron chi connectivity index (χ2n) is 7.11. The SMILES string of the molecule is COc1ccc(C(CC(=O)N(C)Cc2cnn(-c3ccccc3)c2)NC(C)=O)cc1. The fourth-order valence-electron chi connectivity index (χ4n) is 3.19. The van der Waals surface area contributed by atoms with Crippen molar-refractivity contribution in [1.82, 2.24) is 20.0 Å². The summed E-state index contributed by atoms with van der Waals surface area (Å²) in [5, 5.41) is 7.24. The Morgan fingerprint density at radius 1 is 1.13 bits per heavy atom. The van der Waals surface area contributed by atoms with Gasteiger partial charge in [-0.05, 0) is 29.8 Å². The largest absolute Gasteiger partial charge is 0.497 e. The molecule has 0 aliphatic carbocycles. The Hall–Kier alpha value is -3.61. The summed E-state index contributed by atoms with van der Waals surface area (Å²) < 4.78 is 6.96. The van der Waals surface area contributed by atoms with E-state index >= 15 is 0 Å². The minimum Gasteiger partial charge on any atom is -0.497 e. The van der Waals surface area contributed by atoms with Gasteiger partial charge in [0.2, 0.25) is 11.8 Å². The Morgan fingerprint density at radius 3 is 2.47 bits per heavy atom. The summed E-state index contributed by atoms with van der Waals surface area (Å²) in [4.78, 5) is 26.1. The van der Waals surface area contributed by atoms with E-state index < -0.39 is 6.04 Å². The van der Waals surface area contributed by atoms with E-state index in [0.29, 0.717) is 6.54 Å². The van der Waals surface area contributed by atoms with E-state index in [1.807, 2.05) is 60.8 Å². The predicted molar refractivity (Wildman–Crippen MR) is 114 cm³/mol. The van der Waals surface area contributed by atoms with Gasteiger partial charge in [-0.3, -0.25) is 9.59 Å². The Morgan fingerprint density at radius 2 is 1.83 bits per heavy atom. The van der Waals surface area contributed by atoms with E-state index in [9.17, 15) is 9.59 Å². The summed E-state index contributed by atoms with van der Waals surface area (Å²) in [5.41, 5.74) is 2.74. The third kappa shape index (κ3) is 5.47. The van der Waals surface area contributed by atoms with Crippen LogP contribution in [0.15, 0.2) is 67.0 Å². The third-order valence-corrected chi connectivity index (χ3v) is 4.78. The van der Waals surface area contributed by atoms with E-state index in [0.717, 1.165) is 22.6 Å². The number of nitrogens with one attached hydrogen (secondary N) is 1. The van der Waals surface area contributed by atoms with Gasteiger partial charge in [0.15, 0.2) is 0 Å². The first kappa shape index (κ1) is 21.1. The van der Waals surface area contributed by atoms with Gasteiger partial charge in [-0.1, -0.05) is 30.3 Å². The number of para-hydroxylation sites is 1. The van der Waals surface area contributed by atoms with E-state index in [2.05, 4.69) is 10.4 Å². The number of nitrogens with zero attached hydrogens (tertiary/aromatic N) is 3. The number of amides is 2. The van der Waals surface area contributed by atoms with Crippen LogP contribution in [0, 0.1) is 0 Å². The van der Waals surface area contributed by atoms with Gasteiger partial charge < -0.3 is 15.0 Å². The van der Waals surface area contributed by atoms with Crippen molar-refractivity contribution in [3.05, 3.63) is 78.1 Å². The summed E-state index contributed by atoms with van der Waals surface area (Å²) in [6, 6.07) is 16.7. The lowest BCUT2D eigenvalue weighted by Gasteiger charge is -2.22. The summed E-state index contributed by atoms with van der Waals surface area (Å²) in [5.74, 6) is 0.464. The first-order valence-electron chi connectivity index (χ1n) is 9.70. The van der Waals surface area contributed by atoms with Gasteiger partial charge in [-0.15, -0.1) is 0 Å². The molecule has 3 aromatic rings. The number of rotatable bonds is 8. The van der Waals surface area contributed by atoms with Crippen LogP contribution in [0.25, 0.3) is 5.69 Å². The zero-order valence-electron chi connectivity index (χ0n) is 17.4. The number of benzene rings is 2. The Balaban J connectivity index is 1.66. The average Bonchev–Trinajstić information content (AvgIpc) is 3.22. The summed E-state index contributed by atoms with van der Waals surface area (Å²) in [6.45, 7) is 1.88. The molecule has 1 unspecified atom stereocenters. The lowest BCUT2D eigenvalue weighted by Crippen LogP contribution is -2.33. The zero-order chi connectivity index (χ0) is 21.5. The van der Waals surface area contributed by atoms with Crippen molar-refractivity contribution in [2.75, 3.05) is 14.2 Å². The molecule has 7 heteroatoms. The fraction of sp³-hybridized carbons (Fsp3) is 0.261. The predicted octanol–water partition coefficient (Wildman–Crippen LogP) is 3.11. The van der Waals surface area contributed by atoms with Crippen molar-refractivity contribution in [3.63, 3.8) is 0 Å². The number of hydrogen-bond donors (Lipinski definition) is 1. The Labute approximate surface area is 176 Å². The van der Waals surface area contributed by atoms with Crippen LogP contribution in [0.3, 0.4) is 0 Å². The van der Waals surface area contributed by atoms with Crippen LogP contribution < -0.4 is 10.1 Å². The molecule has 1 N–H and O–H groups in total. The van der Waals surface area contributed by atoms with Gasteiger partial charge in [-0.25, -0.2) is 4.68 Å². The molecule has 1 heterocycles. The Kier molecular flexibility index (Phi) is 6.85. The van der Waals surface area contributed by atoms with E-state index in [-0.39, 0.29) is 18.2 Å². The molecule has 0 aliphatic rings. The molecule has 0 saturated heterocycles. The molecular weight excluding hydrogens is 380 g/mol. The van der Waals surface area contributed by atoms with Crippen molar-refractivity contribution in [2.45, 2.75) is 25.9 Å². The molecular formula is C23H26N4O3. The van der Waals surface area contributed by atoms with E-state index in [1.165, 1.54) is 6.92 Å².